The van der Waals surface area contributed by atoms with Crippen LogP contribution in [0.15, 0.2) is 0 Å². The minimum Gasteiger partial charge on any atom is -0.481 e. The molecule has 1 heterocycles. The van der Waals surface area contributed by atoms with E-state index < -0.39 is 11.4 Å². The first-order chi connectivity index (χ1) is 8.50. The van der Waals surface area contributed by atoms with Crippen LogP contribution in [0, 0.1) is 12.3 Å². The number of aliphatic carboxylic acids is 1. The Morgan fingerprint density at radius 3 is 2.61 bits per heavy atom. The average molecular weight is 271 g/mol. The number of hydrogen-bond donors (Lipinski definition) is 1. The van der Waals surface area contributed by atoms with E-state index >= 15 is 0 Å². The molecule has 1 N–H and O–H groups in total. The van der Waals surface area contributed by atoms with Gasteiger partial charge in [-0.1, -0.05) is 24.4 Å². The predicted molar refractivity (Wildman–Crippen MR) is 69.9 cm³/mol. The number of aromatic nitrogens is 2. The first-order valence-corrected chi connectivity index (χ1v) is 6.83. The van der Waals surface area contributed by atoms with Crippen LogP contribution in [0.1, 0.15) is 44.0 Å². The second kappa shape index (κ2) is 4.92. The van der Waals surface area contributed by atoms with Crippen LogP contribution in [0.25, 0.3) is 0 Å². The van der Waals surface area contributed by atoms with E-state index in [2.05, 4.69) is 5.10 Å². The number of carboxylic acids is 1. The Hall–Kier alpha value is -1.03. The molecule has 4 nitrogen and oxygen atoms in total. The Kier molecular flexibility index (Phi) is 3.66. The molecule has 100 valence electrons. The van der Waals surface area contributed by atoms with E-state index in [4.69, 9.17) is 11.6 Å². The van der Waals surface area contributed by atoms with Crippen molar-refractivity contribution in [2.75, 3.05) is 0 Å². The molecule has 0 radical (unpaired) electrons. The van der Waals surface area contributed by atoms with Crippen molar-refractivity contribution in [1.29, 1.82) is 0 Å². The molecule has 0 unspecified atom stereocenters. The zero-order chi connectivity index (χ0) is 13.3. The predicted octanol–water partition coefficient (Wildman–Crippen LogP) is 3.05. The van der Waals surface area contributed by atoms with Crippen LogP contribution in [0.3, 0.4) is 0 Å². The average Bonchev–Trinajstić information content (AvgIpc) is 2.90. The SMILES string of the molecule is CCn1nc(C)c(Cl)c1CC1(C(=O)O)CCCC1. The van der Waals surface area contributed by atoms with Gasteiger partial charge in [-0.3, -0.25) is 9.48 Å². The number of carboxylic acid groups (broad SMARTS) is 1. The Labute approximate surface area is 112 Å². The van der Waals surface area contributed by atoms with E-state index in [1.54, 1.807) is 0 Å². The largest absolute Gasteiger partial charge is 0.481 e. The number of nitrogens with zero attached hydrogens (tertiary/aromatic N) is 2. The van der Waals surface area contributed by atoms with Crippen LogP contribution in [0.5, 0.6) is 0 Å². The zero-order valence-corrected chi connectivity index (χ0v) is 11.6. The van der Waals surface area contributed by atoms with Crippen molar-refractivity contribution in [1.82, 2.24) is 9.78 Å². The highest BCUT2D eigenvalue weighted by atomic mass is 35.5. The zero-order valence-electron chi connectivity index (χ0n) is 10.9. The molecular weight excluding hydrogens is 252 g/mol. The van der Waals surface area contributed by atoms with Crippen LogP contribution >= 0.6 is 11.6 Å². The molecule has 0 amide bonds. The summed E-state index contributed by atoms with van der Waals surface area (Å²) in [6.07, 6.45) is 3.96. The van der Waals surface area contributed by atoms with Crippen molar-refractivity contribution in [2.45, 2.75) is 52.5 Å². The Morgan fingerprint density at radius 2 is 2.11 bits per heavy atom. The monoisotopic (exact) mass is 270 g/mol. The summed E-state index contributed by atoms with van der Waals surface area (Å²) in [5.41, 5.74) is 1.02. The van der Waals surface area contributed by atoms with Crippen molar-refractivity contribution >= 4 is 17.6 Å². The van der Waals surface area contributed by atoms with E-state index in [1.165, 1.54) is 0 Å². The van der Waals surface area contributed by atoms with E-state index in [-0.39, 0.29) is 0 Å². The van der Waals surface area contributed by atoms with Gasteiger partial charge in [-0.15, -0.1) is 0 Å². The van der Waals surface area contributed by atoms with Crippen LogP contribution in [0.2, 0.25) is 5.02 Å². The Bertz CT molecular complexity index is 462. The summed E-state index contributed by atoms with van der Waals surface area (Å²) in [6.45, 7) is 4.58. The van der Waals surface area contributed by atoms with E-state index in [0.29, 0.717) is 11.4 Å². The fourth-order valence-electron chi connectivity index (χ4n) is 2.88. The highest BCUT2D eigenvalue weighted by Crippen LogP contribution is 2.42. The molecule has 5 heteroatoms. The van der Waals surface area contributed by atoms with Crippen molar-refractivity contribution < 1.29 is 9.90 Å². The van der Waals surface area contributed by atoms with Gasteiger partial charge in [0.1, 0.15) is 0 Å². The molecule has 18 heavy (non-hydrogen) atoms. The lowest BCUT2D eigenvalue weighted by Gasteiger charge is -2.24. The first kappa shape index (κ1) is 13.4. The van der Waals surface area contributed by atoms with Gasteiger partial charge < -0.3 is 5.11 Å². The third kappa shape index (κ3) is 2.14. The fourth-order valence-corrected chi connectivity index (χ4v) is 3.08. The summed E-state index contributed by atoms with van der Waals surface area (Å²) in [6, 6.07) is 0. The molecule has 0 aliphatic heterocycles. The van der Waals surface area contributed by atoms with Gasteiger partial charge in [0, 0.05) is 13.0 Å². The van der Waals surface area contributed by atoms with Gasteiger partial charge in [-0.05, 0) is 26.7 Å². The van der Waals surface area contributed by atoms with Crippen molar-refractivity contribution in [3.8, 4) is 0 Å². The summed E-state index contributed by atoms with van der Waals surface area (Å²) in [4.78, 5) is 11.6. The van der Waals surface area contributed by atoms with Gasteiger partial charge in [0.15, 0.2) is 0 Å². The third-order valence-corrected chi connectivity index (χ3v) is 4.46. The number of halogens is 1. The molecule has 1 fully saturated rings. The second-order valence-electron chi connectivity index (χ2n) is 5.13. The van der Waals surface area contributed by atoms with Crippen LogP contribution in [-0.2, 0) is 17.8 Å². The smallest absolute Gasteiger partial charge is 0.310 e. The summed E-state index contributed by atoms with van der Waals surface area (Å²) >= 11 is 6.26. The summed E-state index contributed by atoms with van der Waals surface area (Å²) in [7, 11) is 0. The fraction of sp³-hybridized carbons (Fsp3) is 0.692. The normalized spacial score (nSPS) is 18.2. The topological polar surface area (TPSA) is 55.1 Å². The molecule has 2 rings (SSSR count). The maximum atomic E-state index is 11.6. The summed E-state index contributed by atoms with van der Waals surface area (Å²) in [5.74, 6) is -0.697. The molecule has 1 aliphatic rings. The van der Waals surface area contributed by atoms with Crippen LogP contribution in [-0.4, -0.2) is 20.9 Å². The molecule has 0 atom stereocenters. The summed E-state index contributed by atoms with van der Waals surface area (Å²) in [5, 5.41) is 14.5. The lowest BCUT2D eigenvalue weighted by molar-refractivity contribution is -0.148. The minimum atomic E-state index is -0.697. The van der Waals surface area contributed by atoms with Gasteiger partial charge in [0.25, 0.3) is 0 Å². The van der Waals surface area contributed by atoms with Crippen molar-refractivity contribution in [2.24, 2.45) is 5.41 Å². The Balaban J connectivity index is 2.35. The molecule has 0 bridgehead atoms. The molecule has 0 spiro atoms. The van der Waals surface area contributed by atoms with E-state index in [9.17, 15) is 9.90 Å². The maximum Gasteiger partial charge on any atom is 0.310 e. The lowest BCUT2D eigenvalue weighted by atomic mass is 9.81. The highest BCUT2D eigenvalue weighted by Gasteiger charge is 2.42. The molecule has 1 aromatic rings. The van der Waals surface area contributed by atoms with Crippen LogP contribution in [0.4, 0.5) is 0 Å². The molecule has 0 aromatic carbocycles. The van der Waals surface area contributed by atoms with Gasteiger partial charge in [0.2, 0.25) is 0 Å². The molecule has 1 aliphatic carbocycles. The standard InChI is InChI=1S/C13H19ClN2O2/c1-3-16-10(11(14)9(2)15-16)8-13(12(17)18)6-4-5-7-13/h3-8H2,1-2H3,(H,17,18). The van der Waals surface area contributed by atoms with Crippen molar-refractivity contribution in [3.05, 3.63) is 16.4 Å². The first-order valence-electron chi connectivity index (χ1n) is 6.45. The highest BCUT2D eigenvalue weighted by molar-refractivity contribution is 6.31. The third-order valence-electron chi connectivity index (χ3n) is 3.97. The number of hydrogen-bond acceptors (Lipinski definition) is 2. The quantitative estimate of drug-likeness (QED) is 0.915. The van der Waals surface area contributed by atoms with Gasteiger partial charge in [-0.25, -0.2) is 0 Å². The molecule has 1 aromatic heterocycles. The van der Waals surface area contributed by atoms with E-state index in [0.717, 1.165) is 43.6 Å². The maximum absolute atomic E-state index is 11.6. The number of rotatable bonds is 4. The van der Waals surface area contributed by atoms with Crippen LogP contribution < -0.4 is 0 Å². The molecule has 1 saturated carbocycles. The lowest BCUT2D eigenvalue weighted by Crippen LogP contribution is -2.31. The number of carbonyl (C=O) groups is 1. The Morgan fingerprint density at radius 1 is 1.50 bits per heavy atom. The van der Waals surface area contributed by atoms with Crippen molar-refractivity contribution in [3.63, 3.8) is 0 Å². The minimum absolute atomic E-state index is 0.496. The second-order valence-corrected chi connectivity index (χ2v) is 5.51. The van der Waals surface area contributed by atoms with Gasteiger partial charge >= 0.3 is 5.97 Å². The summed E-state index contributed by atoms with van der Waals surface area (Å²) < 4.78 is 1.83. The number of aryl methyl sites for hydroxylation is 2. The molecular formula is C13H19ClN2O2. The van der Waals surface area contributed by atoms with Gasteiger partial charge in [0.05, 0.1) is 21.8 Å². The van der Waals surface area contributed by atoms with Gasteiger partial charge in [-0.2, -0.15) is 5.10 Å². The van der Waals surface area contributed by atoms with E-state index in [1.807, 2.05) is 18.5 Å². The molecule has 0 saturated heterocycles.